The predicted octanol–water partition coefficient (Wildman–Crippen LogP) is 5.91. The highest BCUT2D eigenvalue weighted by Gasteiger charge is 2.02. The van der Waals surface area contributed by atoms with Crippen LogP contribution >= 0.6 is 0 Å². The minimum absolute atomic E-state index is 0.842. The molecule has 3 rings (SSSR count). The Morgan fingerprint density at radius 1 is 0.893 bits per heavy atom. The van der Waals surface area contributed by atoms with Crippen molar-refractivity contribution in [1.29, 1.82) is 0 Å². The Labute approximate surface area is 167 Å². The molecule has 0 saturated heterocycles. The van der Waals surface area contributed by atoms with Gasteiger partial charge in [0.2, 0.25) is 0 Å². The summed E-state index contributed by atoms with van der Waals surface area (Å²) in [5, 5.41) is 4.12. The zero-order valence-electron chi connectivity index (χ0n) is 16.4. The second-order valence-corrected chi connectivity index (χ2v) is 6.67. The monoisotopic (exact) mass is 363 g/mol. The highest BCUT2D eigenvalue weighted by atomic mass is 14.7. The first-order valence-electron chi connectivity index (χ1n) is 9.47. The quantitative estimate of drug-likeness (QED) is 0.561. The molecule has 1 nitrogen and oxygen atoms in total. The van der Waals surface area contributed by atoms with Crippen molar-refractivity contribution in [2.24, 2.45) is 0 Å². The third-order valence-electron chi connectivity index (χ3n) is 4.58. The molecule has 0 unspecified atom stereocenters. The predicted molar refractivity (Wildman–Crippen MR) is 125 cm³/mol. The highest BCUT2D eigenvalue weighted by molar-refractivity contribution is 5.86. The Morgan fingerprint density at radius 3 is 2.43 bits per heavy atom. The summed E-state index contributed by atoms with van der Waals surface area (Å²) in [5.74, 6) is 0. The summed E-state index contributed by atoms with van der Waals surface area (Å²) in [6.07, 6.45) is 8.85. The second-order valence-electron chi connectivity index (χ2n) is 6.67. The molecule has 1 heterocycles. The van der Waals surface area contributed by atoms with Gasteiger partial charge < -0.3 is 0 Å². The lowest BCUT2D eigenvalue weighted by molar-refractivity contribution is 1.23. The molecule has 0 fully saturated rings. The Kier molecular flexibility index (Phi) is 6.18. The normalized spacial score (nSPS) is 10.8. The number of rotatable bonds is 4. The molecule has 0 bridgehead atoms. The van der Waals surface area contributed by atoms with Gasteiger partial charge in [-0.05, 0) is 63.0 Å². The number of hydrogen-bond donors (Lipinski definition) is 0. The second kappa shape index (κ2) is 8.96. The van der Waals surface area contributed by atoms with Gasteiger partial charge in [0.05, 0.1) is 5.69 Å². The smallest absolute Gasteiger partial charge is 0.0768 e. The average Bonchev–Trinajstić information content (AvgIpc) is 2.71. The minimum atomic E-state index is 0.842. The van der Waals surface area contributed by atoms with Gasteiger partial charge in [0.25, 0.3) is 0 Å². The number of benzene rings is 2. The largest absolute Gasteiger partial charge is 0.256 e. The molecular formula is C27H25N. The molecule has 0 saturated carbocycles. The number of allylic oxidation sites excluding steroid dienone is 1. The van der Waals surface area contributed by atoms with E-state index in [9.17, 15) is 0 Å². The number of hydrogen-bond acceptors (Lipinski definition) is 1. The number of fused-ring (bicyclic) bond motifs is 1. The van der Waals surface area contributed by atoms with E-state index >= 15 is 0 Å². The first-order chi connectivity index (χ1) is 13.6. The molecule has 0 amide bonds. The van der Waals surface area contributed by atoms with Gasteiger partial charge in [-0.1, -0.05) is 81.3 Å². The third-order valence-corrected chi connectivity index (χ3v) is 4.58. The van der Waals surface area contributed by atoms with Crippen LogP contribution in [0.15, 0.2) is 79.5 Å². The molecule has 2 aromatic carbocycles. The van der Waals surface area contributed by atoms with Crippen LogP contribution in [0, 0.1) is 0 Å². The van der Waals surface area contributed by atoms with Gasteiger partial charge in [-0.15, -0.1) is 0 Å². The molecule has 1 aromatic heterocycles. The molecule has 3 aromatic rings. The first-order valence-corrected chi connectivity index (χ1v) is 9.47. The summed E-state index contributed by atoms with van der Waals surface area (Å²) in [6.45, 7) is 14.5. The molecule has 0 aliphatic rings. The summed E-state index contributed by atoms with van der Waals surface area (Å²) < 4.78 is 0. The summed E-state index contributed by atoms with van der Waals surface area (Å²) in [6, 6.07) is 20.7. The molecule has 0 atom stereocenters. The van der Waals surface area contributed by atoms with Crippen LogP contribution in [0.1, 0.15) is 24.5 Å². The van der Waals surface area contributed by atoms with Gasteiger partial charge in [-0.3, -0.25) is 4.98 Å². The Balaban J connectivity index is 2.32. The SMILES string of the molecule is C=Cc1cc(=C)c(-c2ccc3ccccc3c2)nccc(=C)cc1/C=C\CC. The lowest BCUT2D eigenvalue weighted by Gasteiger charge is -2.04. The van der Waals surface area contributed by atoms with Gasteiger partial charge in [-0.2, -0.15) is 0 Å². The van der Waals surface area contributed by atoms with Gasteiger partial charge in [0.15, 0.2) is 0 Å². The first kappa shape index (κ1) is 19.3. The van der Waals surface area contributed by atoms with Crippen molar-refractivity contribution >= 4 is 36.1 Å². The van der Waals surface area contributed by atoms with E-state index in [1.807, 2.05) is 36.4 Å². The van der Waals surface area contributed by atoms with E-state index in [1.165, 1.54) is 10.8 Å². The average molecular weight is 364 g/mol. The van der Waals surface area contributed by atoms with Crippen LogP contribution in [0.4, 0.5) is 0 Å². The molecule has 0 aliphatic carbocycles. The van der Waals surface area contributed by atoms with Crippen molar-refractivity contribution < 1.29 is 0 Å². The van der Waals surface area contributed by atoms with Crippen LogP contribution in [0.3, 0.4) is 0 Å². The fourth-order valence-corrected chi connectivity index (χ4v) is 3.12. The van der Waals surface area contributed by atoms with E-state index in [4.69, 9.17) is 4.98 Å². The molecular weight excluding hydrogens is 338 g/mol. The van der Waals surface area contributed by atoms with E-state index in [0.717, 1.165) is 39.2 Å². The highest BCUT2D eigenvalue weighted by Crippen LogP contribution is 2.21. The van der Waals surface area contributed by atoms with Crippen LogP contribution in [-0.4, -0.2) is 4.98 Å². The van der Waals surface area contributed by atoms with E-state index in [2.05, 4.69) is 69.1 Å². The van der Waals surface area contributed by atoms with Crippen LogP contribution in [0.2, 0.25) is 0 Å². The molecule has 0 radical (unpaired) electrons. The third kappa shape index (κ3) is 4.44. The number of nitrogens with zero attached hydrogens (tertiary/aromatic N) is 1. The zero-order chi connectivity index (χ0) is 19.9. The van der Waals surface area contributed by atoms with Gasteiger partial charge >= 0.3 is 0 Å². The fraction of sp³-hybridized carbons (Fsp3) is 0.0741. The van der Waals surface area contributed by atoms with Crippen LogP contribution < -0.4 is 10.4 Å². The lowest BCUT2D eigenvalue weighted by atomic mass is 10.0. The summed E-state index contributed by atoms with van der Waals surface area (Å²) in [7, 11) is 0. The standard InChI is InChI=1S/C27H25N/c1-5-7-10-24-17-20(3)15-16-28-27(21(4)18-22(24)6-2)26-14-13-23-11-8-9-12-25(23)19-26/h6-19H,2-5H2,1H3/b10-7-,16-15?,22-18?,24-17?,28-27?. The molecule has 0 spiro atoms. The van der Waals surface area contributed by atoms with Crippen LogP contribution in [-0.2, 0) is 0 Å². The summed E-state index contributed by atoms with van der Waals surface area (Å²) in [4.78, 5) is 4.70. The summed E-state index contributed by atoms with van der Waals surface area (Å²) in [5.41, 5.74) is 3.94. The van der Waals surface area contributed by atoms with Gasteiger partial charge in [0, 0.05) is 11.8 Å². The van der Waals surface area contributed by atoms with E-state index in [1.54, 1.807) is 6.20 Å². The van der Waals surface area contributed by atoms with E-state index in [-0.39, 0.29) is 0 Å². The van der Waals surface area contributed by atoms with Crippen molar-refractivity contribution in [2.75, 3.05) is 0 Å². The summed E-state index contributed by atoms with van der Waals surface area (Å²) >= 11 is 0. The van der Waals surface area contributed by atoms with Crippen molar-refractivity contribution in [3.8, 4) is 11.3 Å². The van der Waals surface area contributed by atoms with Crippen molar-refractivity contribution in [3.05, 3.63) is 101 Å². The van der Waals surface area contributed by atoms with E-state index in [0.29, 0.717) is 0 Å². The topological polar surface area (TPSA) is 12.9 Å². The van der Waals surface area contributed by atoms with Gasteiger partial charge in [0.1, 0.15) is 0 Å². The maximum absolute atomic E-state index is 4.70. The molecule has 28 heavy (non-hydrogen) atoms. The zero-order valence-corrected chi connectivity index (χ0v) is 16.4. The number of aromatic nitrogens is 1. The van der Waals surface area contributed by atoms with Crippen molar-refractivity contribution in [2.45, 2.75) is 13.3 Å². The van der Waals surface area contributed by atoms with Gasteiger partial charge in [-0.25, -0.2) is 0 Å². The molecule has 1 heteroatoms. The van der Waals surface area contributed by atoms with Crippen molar-refractivity contribution in [3.63, 3.8) is 0 Å². The van der Waals surface area contributed by atoms with Crippen LogP contribution in [0.25, 0.3) is 47.3 Å². The Morgan fingerprint density at radius 2 is 1.68 bits per heavy atom. The fourth-order valence-electron chi connectivity index (χ4n) is 3.12. The van der Waals surface area contributed by atoms with Crippen molar-refractivity contribution in [1.82, 2.24) is 4.98 Å². The molecule has 138 valence electrons. The van der Waals surface area contributed by atoms with Crippen LogP contribution in [0.5, 0.6) is 0 Å². The Hall–Kier alpha value is -3.45. The molecule has 0 N–H and O–H groups in total. The molecule has 0 aliphatic heterocycles. The minimum Gasteiger partial charge on any atom is -0.256 e. The Bertz CT molecular complexity index is 1200. The maximum atomic E-state index is 4.70. The maximum Gasteiger partial charge on any atom is 0.0768 e. The van der Waals surface area contributed by atoms with E-state index < -0.39 is 0 Å². The lowest BCUT2D eigenvalue weighted by Crippen LogP contribution is -2.05.